The Labute approximate surface area is 289 Å². The maximum Gasteiger partial charge on any atom is 0.347 e. The summed E-state index contributed by atoms with van der Waals surface area (Å²) in [6.45, 7) is 4.20. The van der Waals surface area contributed by atoms with Gasteiger partial charge in [0.2, 0.25) is 0 Å². The molecule has 4 rings (SSSR count). The normalized spacial score (nSPS) is 16.2. The quantitative estimate of drug-likeness (QED) is 0.0423. The van der Waals surface area contributed by atoms with Crippen molar-refractivity contribution in [1.82, 2.24) is 10.3 Å². The van der Waals surface area contributed by atoms with Crippen LogP contribution in [-0.2, 0) is 20.9 Å². The van der Waals surface area contributed by atoms with Crippen molar-refractivity contribution >= 4 is 47.8 Å². The number of phenols is 2. The van der Waals surface area contributed by atoms with E-state index in [1.807, 2.05) is 0 Å². The number of amides is 2. The Balaban J connectivity index is 0.000000354. The number of nitrogens with zero attached hydrogens (tertiary/aromatic N) is 2. The number of hydrogen-bond acceptors (Lipinski definition) is 13. The maximum atomic E-state index is 12.9. The van der Waals surface area contributed by atoms with Crippen LogP contribution >= 0.6 is 11.6 Å². The van der Waals surface area contributed by atoms with Crippen LogP contribution in [0.2, 0.25) is 0 Å². The van der Waals surface area contributed by atoms with Crippen molar-refractivity contribution in [2.24, 2.45) is 11.2 Å². The number of nitroso groups, excluding NO2 is 1. The molecule has 5 N–H and O–H groups in total. The molecule has 17 nitrogen and oxygen atoms in total. The molecule has 0 unspecified atom stereocenters. The number of carboxylic acid groups (broad SMARTS) is 2. The fraction of sp³-hybridized carbons (Fsp3) is 0.375. The Hall–Kier alpha value is -5.71. The zero-order valence-electron chi connectivity index (χ0n) is 27.1. The number of aldehydes is 1. The van der Waals surface area contributed by atoms with E-state index in [2.05, 4.69) is 17.5 Å². The van der Waals surface area contributed by atoms with E-state index in [4.69, 9.17) is 30.9 Å². The molecule has 0 saturated heterocycles. The van der Waals surface area contributed by atoms with Gasteiger partial charge in [-0.2, -0.15) is 5.01 Å². The fourth-order valence-corrected chi connectivity index (χ4v) is 5.39. The molecule has 1 saturated carbocycles. The number of alkyl halides is 1. The second-order valence-electron chi connectivity index (χ2n) is 11.3. The summed E-state index contributed by atoms with van der Waals surface area (Å²) in [5, 5.41) is 45.2. The minimum atomic E-state index is -1.60. The van der Waals surface area contributed by atoms with Crippen molar-refractivity contribution in [2.75, 3.05) is 12.4 Å². The minimum absolute atomic E-state index is 0.153. The number of benzene rings is 2. The number of esters is 2. The van der Waals surface area contributed by atoms with Crippen molar-refractivity contribution in [1.29, 1.82) is 0 Å². The highest BCUT2D eigenvalue weighted by molar-refractivity contribution is 6.18. The van der Waals surface area contributed by atoms with Gasteiger partial charge in [-0.3, -0.25) is 4.79 Å². The third kappa shape index (κ3) is 9.04. The van der Waals surface area contributed by atoms with E-state index in [9.17, 15) is 49.0 Å². The van der Waals surface area contributed by atoms with Gasteiger partial charge in [0.15, 0.2) is 23.5 Å². The molecule has 0 aromatic heterocycles. The first-order chi connectivity index (χ1) is 23.6. The summed E-state index contributed by atoms with van der Waals surface area (Å²) in [7, 11) is 0. The number of aromatic carboxylic acids is 1. The Kier molecular flexibility index (Phi) is 13.2. The summed E-state index contributed by atoms with van der Waals surface area (Å²) in [4.78, 5) is 80.6. The van der Waals surface area contributed by atoms with Crippen LogP contribution in [-0.4, -0.2) is 80.1 Å². The largest absolute Gasteiger partial charge is 0.507 e. The van der Waals surface area contributed by atoms with Crippen LogP contribution in [0, 0.1) is 24.7 Å². The molecule has 0 bridgehead atoms. The lowest BCUT2D eigenvalue weighted by molar-refractivity contribution is -0.139. The molecule has 18 heteroatoms. The van der Waals surface area contributed by atoms with Crippen LogP contribution < -0.4 is 14.8 Å². The number of carbonyl (C=O) groups excluding carboxylic acids is 4. The Morgan fingerprint density at radius 3 is 2.28 bits per heavy atom. The number of nitrogens with one attached hydrogen (secondary N) is 1. The SMILES string of the molecule is CC1CCC(NC(=O)N(CCCl)N=O)CC1.Cc1cc(O)c(C=O)c2c1C(=O)Oc1c(COC(=O)C=CC(=O)O)c(O)c(C(=O)O)c(C)c1O2. The molecule has 0 spiro atoms. The summed E-state index contributed by atoms with van der Waals surface area (Å²) in [5.41, 5.74) is -1.80. The monoisotopic (exact) mass is 719 g/mol. The summed E-state index contributed by atoms with van der Waals surface area (Å²) in [6.07, 6.45) is 5.49. The van der Waals surface area contributed by atoms with Gasteiger partial charge in [-0.25, -0.2) is 24.0 Å². The molecule has 2 aromatic carbocycles. The number of carboxylic acids is 2. The molecule has 1 aliphatic carbocycles. The highest BCUT2D eigenvalue weighted by Gasteiger charge is 2.36. The second-order valence-corrected chi connectivity index (χ2v) is 11.7. The van der Waals surface area contributed by atoms with E-state index in [1.54, 1.807) is 0 Å². The summed E-state index contributed by atoms with van der Waals surface area (Å²) in [6, 6.07) is 0.867. The predicted octanol–water partition coefficient (Wildman–Crippen LogP) is 4.73. The third-order valence-electron chi connectivity index (χ3n) is 7.84. The number of carbonyl (C=O) groups is 6. The van der Waals surface area contributed by atoms with E-state index in [1.165, 1.54) is 13.8 Å². The lowest BCUT2D eigenvalue weighted by Crippen LogP contribution is -2.44. The van der Waals surface area contributed by atoms with Gasteiger partial charge in [0.05, 0.1) is 23.0 Å². The Bertz CT molecular complexity index is 1730. The molecule has 2 aliphatic rings. The number of aryl methyl sites for hydroxylation is 1. The number of halogens is 1. The third-order valence-corrected chi connectivity index (χ3v) is 8.01. The number of phenolic OH excluding ortho intramolecular Hbond substituents is 1. The first kappa shape index (κ1) is 38.7. The minimum Gasteiger partial charge on any atom is -0.507 e. The predicted molar refractivity (Wildman–Crippen MR) is 173 cm³/mol. The average molecular weight is 720 g/mol. The highest BCUT2D eigenvalue weighted by atomic mass is 35.5. The molecule has 50 heavy (non-hydrogen) atoms. The van der Waals surface area contributed by atoms with E-state index in [-0.39, 0.29) is 47.2 Å². The summed E-state index contributed by atoms with van der Waals surface area (Å²) in [5.74, 6) is -6.97. The van der Waals surface area contributed by atoms with Crippen molar-refractivity contribution in [3.05, 3.63) is 56.5 Å². The Morgan fingerprint density at radius 2 is 1.72 bits per heavy atom. The second kappa shape index (κ2) is 17.1. The van der Waals surface area contributed by atoms with Crippen LogP contribution in [0.15, 0.2) is 23.5 Å². The number of aromatic hydroxyl groups is 2. The summed E-state index contributed by atoms with van der Waals surface area (Å²) >= 11 is 5.46. The van der Waals surface area contributed by atoms with Crippen molar-refractivity contribution < 1.29 is 63.4 Å². The van der Waals surface area contributed by atoms with Crippen LogP contribution in [0.25, 0.3) is 0 Å². The molecule has 1 heterocycles. The number of urea groups is 1. The number of ether oxygens (including phenoxy) is 3. The lowest BCUT2D eigenvalue weighted by atomic mass is 9.87. The van der Waals surface area contributed by atoms with Gasteiger partial charge in [-0.05, 0) is 57.1 Å². The van der Waals surface area contributed by atoms with E-state index >= 15 is 0 Å². The van der Waals surface area contributed by atoms with E-state index in [0.717, 1.165) is 42.7 Å². The molecule has 2 amide bonds. The standard InChI is InChI=1S/C22H16O12.C10H18ClN3O2/c1-8-5-12(24)10(6-23)19-15(8)22(31)34-20-11(7-32-14(27)4-3-13(25)26)17(28)16(21(29)30)9(2)18(20)33-19;1-8-2-4-9(5-3-8)12-10(15)14(13-16)7-6-11/h3-6,24,28H,7H2,1-2H3,(H,25,26)(H,29,30);8-9H,2-7H2,1H3,(H,12,15). The first-order valence-electron chi connectivity index (χ1n) is 15.0. The number of fused-ring (bicyclic) bond motifs is 2. The van der Waals surface area contributed by atoms with Crippen molar-refractivity contribution in [3.8, 4) is 28.7 Å². The van der Waals surface area contributed by atoms with Gasteiger partial charge in [0, 0.05) is 29.6 Å². The van der Waals surface area contributed by atoms with Crippen molar-refractivity contribution in [3.63, 3.8) is 0 Å². The number of aliphatic carboxylic acids is 1. The first-order valence-corrected chi connectivity index (χ1v) is 15.6. The van der Waals surface area contributed by atoms with Gasteiger partial charge in [-0.1, -0.05) is 6.92 Å². The molecule has 1 fully saturated rings. The number of rotatable bonds is 10. The smallest absolute Gasteiger partial charge is 0.347 e. The highest BCUT2D eigenvalue weighted by Crippen LogP contribution is 2.50. The van der Waals surface area contributed by atoms with Crippen LogP contribution in [0.3, 0.4) is 0 Å². The fourth-order valence-electron chi connectivity index (χ4n) is 5.23. The average Bonchev–Trinajstić information content (AvgIpc) is 3.20. The molecule has 0 radical (unpaired) electrons. The molecule has 2 aromatic rings. The van der Waals surface area contributed by atoms with E-state index < -0.39 is 76.2 Å². The van der Waals surface area contributed by atoms with Crippen molar-refractivity contribution in [2.45, 2.75) is 59.1 Å². The zero-order chi connectivity index (χ0) is 37.3. The summed E-state index contributed by atoms with van der Waals surface area (Å²) < 4.78 is 15.9. The van der Waals surface area contributed by atoms with Gasteiger partial charge in [-0.15, -0.1) is 16.5 Å². The van der Waals surface area contributed by atoms with Crippen LogP contribution in [0.1, 0.15) is 80.4 Å². The van der Waals surface area contributed by atoms with Gasteiger partial charge in [0.25, 0.3) is 0 Å². The van der Waals surface area contributed by atoms with Crippen LogP contribution in [0.5, 0.6) is 28.7 Å². The maximum absolute atomic E-state index is 12.9. The molecule has 1 aliphatic heterocycles. The Morgan fingerprint density at radius 1 is 1.06 bits per heavy atom. The van der Waals surface area contributed by atoms with Crippen LogP contribution in [0.4, 0.5) is 4.79 Å². The zero-order valence-corrected chi connectivity index (χ0v) is 27.8. The lowest BCUT2D eigenvalue weighted by Gasteiger charge is -2.27. The molecular weight excluding hydrogens is 686 g/mol. The van der Waals surface area contributed by atoms with E-state index in [0.29, 0.717) is 12.2 Å². The van der Waals surface area contributed by atoms with Gasteiger partial charge >= 0.3 is 29.9 Å². The van der Waals surface area contributed by atoms with Gasteiger partial charge < -0.3 is 40.0 Å². The molecular formula is C32H34ClN3O14. The molecule has 0 atom stereocenters. The molecule has 268 valence electrons. The topological polar surface area (TPSA) is 256 Å². The number of hydrogen-bond donors (Lipinski definition) is 5. The van der Waals surface area contributed by atoms with Gasteiger partial charge in [0.1, 0.15) is 29.2 Å².